The Morgan fingerprint density at radius 3 is 1.76 bits per heavy atom. The lowest BCUT2D eigenvalue weighted by atomic mass is 9.97. The zero-order chi connectivity index (χ0) is 26.3. The van der Waals surface area contributed by atoms with E-state index in [9.17, 15) is 0 Å². The number of unbranched alkanes of at least 4 members (excludes halogenated alkanes) is 1. The van der Waals surface area contributed by atoms with Crippen molar-refractivity contribution in [2.45, 2.75) is 64.8 Å². The monoisotopic (exact) mass is 518 g/mol. The minimum absolute atomic E-state index is 0.230. The van der Waals surface area contributed by atoms with Gasteiger partial charge in [0.2, 0.25) is 0 Å². The molecule has 2 fully saturated rings. The van der Waals surface area contributed by atoms with E-state index in [2.05, 4.69) is 61.5 Å². The van der Waals surface area contributed by atoms with Crippen LogP contribution in [0.3, 0.4) is 0 Å². The summed E-state index contributed by atoms with van der Waals surface area (Å²) < 4.78 is 33.8. The van der Waals surface area contributed by atoms with Gasteiger partial charge in [-0.05, 0) is 78.8 Å². The van der Waals surface area contributed by atoms with Crippen LogP contribution in [0.15, 0.2) is 66.7 Å². The molecule has 0 amide bonds. The van der Waals surface area contributed by atoms with Crippen molar-refractivity contribution in [3.05, 3.63) is 72.3 Å². The third-order valence-corrected chi connectivity index (χ3v) is 6.70. The van der Waals surface area contributed by atoms with Gasteiger partial charge in [0.1, 0.15) is 23.7 Å². The van der Waals surface area contributed by atoms with Gasteiger partial charge in [-0.2, -0.15) is 0 Å². The van der Waals surface area contributed by atoms with Gasteiger partial charge in [-0.3, -0.25) is 0 Å². The summed E-state index contributed by atoms with van der Waals surface area (Å²) in [6.07, 6.45) is 3.07. The molecular formula is C32H38O6. The van der Waals surface area contributed by atoms with Crippen molar-refractivity contribution >= 4 is 0 Å². The Hall–Kier alpha value is -2.90. The minimum Gasteiger partial charge on any atom is -0.465 e. The van der Waals surface area contributed by atoms with Crippen molar-refractivity contribution in [3.8, 4) is 33.8 Å². The van der Waals surface area contributed by atoms with E-state index >= 15 is 0 Å². The van der Waals surface area contributed by atoms with E-state index in [0.717, 1.165) is 55.1 Å². The predicted molar refractivity (Wildman–Crippen MR) is 147 cm³/mol. The van der Waals surface area contributed by atoms with Gasteiger partial charge in [0.25, 0.3) is 0 Å². The summed E-state index contributed by atoms with van der Waals surface area (Å²) in [5, 5.41) is 0. The highest BCUT2D eigenvalue weighted by Gasteiger charge is 2.24. The summed E-state index contributed by atoms with van der Waals surface area (Å²) in [6.45, 7) is 8.78. The second-order valence-electron chi connectivity index (χ2n) is 9.98. The average Bonchev–Trinajstić information content (AvgIpc) is 3.86. The van der Waals surface area contributed by atoms with Crippen LogP contribution in [0.25, 0.3) is 22.3 Å². The maximum absolute atomic E-state index is 6.15. The molecule has 38 heavy (non-hydrogen) atoms. The lowest BCUT2D eigenvalue weighted by Crippen LogP contribution is -2.19. The third-order valence-electron chi connectivity index (χ3n) is 6.70. The van der Waals surface area contributed by atoms with E-state index in [1.54, 1.807) is 0 Å². The molecule has 4 atom stereocenters. The molecule has 0 aromatic heterocycles. The molecule has 0 saturated carbocycles. The van der Waals surface area contributed by atoms with Crippen molar-refractivity contribution in [2.24, 2.45) is 0 Å². The third kappa shape index (κ3) is 7.81. The van der Waals surface area contributed by atoms with Gasteiger partial charge in [0.15, 0.2) is 12.6 Å². The second kappa shape index (κ2) is 12.8. The van der Waals surface area contributed by atoms with Crippen LogP contribution in [0.5, 0.6) is 11.5 Å². The van der Waals surface area contributed by atoms with E-state index < -0.39 is 0 Å². The molecule has 6 heteroatoms. The highest BCUT2D eigenvalue weighted by molar-refractivity contribution is 5.71. The zero-order valence-electron chi connectivity index (χ0n) is 22.6. The largest absolute Gasteiger partial charge is 0.465 e. The lowest BCUT2D eigenvalue weighted by Gasteiger charge is -2.18. The SMILES string of the molecule is CCCCc1cc(-c2ccc(-c3ccc(OC(C)OCC4CO4)cc3)cc2)ccc1OC(C)OCC1CO1. The molecule has 0 aliphatic carbocycles. The standard InChI is InChI=1S/C32H38O6/c1-4-5-6-28-17-27(13-16-32(28)38-23(3)34-19-31-21-36-31)26-9-7-24(8-10-26)25-11-14-29(15-12-25)37-22(2)33-18-30-20-35-30/h7-17,22-23,30-31H,4-6,18-21H2,1-3H3. The summed E-state index contributed by atoms with van der Waals surface area (Å²) in [5.74, 6) is 1.68. The van der Waals surface area contributed by atoms with E-state index in [1.165, 1.54) is 16.7 Å². The lowest BCUT2D eigenvalue weighted by molar-refractivity contribution is -0.0714. The van der Waals surface area contributed by atoms with E-state index in [4.69, 9.17) is 28.4 Å². The van der Waals surface area contributed by atoms with Gasteiger partial charge in [-0.25, -0.2) is 0 Å². The molecule has 2 heterocycles. The van der Waals surface area contributed by atoms with Crippen molar-refractivity contribution in [1.82, 2.24) is 0 Å². The van der Waals surface area contributed by atoms with Crippen molar-refractivity contribution < 1.29 is 28.4 Å². The molecule has 3 aromatic carbocycles. The Kier molecular flexibility index (Phi) is 8.97. The van der Waals surface area contributed by atoms with E-state index in [-0.39, 0.29) is 24.8 Å². The molecule has 0 spiro atoms. The molecule has 5 rings (SSSR count). The first-order valence-corrected chi connectivity index (χ1v) is 13.7. The maximum Gasteiger partial charge on any atom is 0.197 e. The zero-order valence-corrected chi connectivity index (χ0v) is 22.6. The fraction of sp³-hybridized carbons (Fsp3) is 0.438. The molecule has 202 valence electrons. The van der Waals surface area contributed by atoms with Gasteiger partial charge in [0.05, 0.1) is 26.4 Å². The van der Waals surface area contributed by atoms with E-state index in [0.29, 0.717) is 13.2 Å². The van der Waals surface area contributed by atoms with Gasteiger partial charge >= 0.3 is 0 Å². The van der Waals surface area contributed by atoms with Gasteiger partial charge in [0, 0.05) is 0 Å². The number of benzene rings is 3. The summed E-state index contributed by atoms with van der Waals surface area (Å²) in [7, 11) is 0. The van der Waals surface area contributed by atoms with Crippen molar-refractivity contribution in [2.75, 3.05) is 26.4 Å². The summed E-state index contributed by atoms with van der Waals surface area (Å²) in [6, 6.07) is 23.3. The Morgan fingerprint density at radius 2 is 1.21 bits per heavy atom. The number of ether oxygens (including phenoxy) is 6. The summed E-state index contributed by atoms with van der Waals surface area (Å²) in [5.41, 5.74) is 5.88. The van der Waals surface area contributed by atoms with Crippen LogP contribution in [0.4, 0.5) is 0 Å². The topological polar surface area (TPSA) is 62.0 Å². The predicted octanol–water partition coefficient (Wildman–Crippen LogP) is 6.64. The van der Waals surface area contributed by atoms with Crippen molar-refractivity contribution in [3.63, 3.8) is 0 Å². The molecule has 0 N–H and O–H groups in total. The van der Waals surface area contributed by atoms with Gasteiger partial charge in [-0.15, -0.1) is 0 Å². The Bertz CT molecular complexity index is 1150. The molecule has 3 aromatic rings. The van der Waals surface area contributed by atoms with Crippen molar-refractivity contribution in [1.29, 1.82) is 0 Å². The van der Waals surface area contributed by atoms with Crippen LogP contribution < -0.4 is 9.47 Å². The summed E-state index contributed by atoms with van der Waals surface area (Å²) >= 11 is 0. The van der Waals surface area contributed by atoms with Crippen LogP contribution in [-0.4, -0.2) is 51.2 Å². The number of hydrogen-bond acceptors (Lipinski definition) is 6. The van der Waals surface area contributed by atoms with Crippen LogP contribution in [0.2, 0.25) is 0 Å². The van der Waals surface area contributed by atoms with E-state index in [1.807, 2.05) is 26.0 Å². The van der Waals surface area contributed by atoms with Gasteiger partial charge < -0.3 is 28.4 Å². The highest BCUT2D eigenvalue weighted by Crippen LogP contribution is 2.31. The number of epoxide rings is 2. The number of rotatable bonds is 15. The molecule has 4 unspecified atom stereocenters. The quantitative estimate of drug-likeness (QED) is 0.166. The Labute approximate surface area is 225 Å². The number of hydrogen-bond donors (Lipinski definition) is 0. The van der Waals surface area contributed by atoms with Gasteiger partial charge in [-0.1, -0.05) is 55.8 Å². The first-order chi connectivity index (χ1) is 18.6. The Balaban J connectivity index is 1.22. The smallest absolute Gasteiger partial charge is 0.197 e. The molecule has 0 radical (unpaired) electrons. The first kappa shape index (κ1) is 26.7. The fourth-order valence-corrected chi connectivity index (χ4v) is 4.27. The normalized spacial score (nSPS) is 19.6. The first-order valence-electron chi connectivity index (χ1n) is 13.7. The molecule has 2 aliphatic rings. The Morgan fingerprint density at radius 1 is 0.711 bits per heavy atom. The average molecular weight is 519 g/mol. The molecule has 0 bridgehead atoms. The van der Waals surface area contributed by atoms with Crippen LogP contribution in [0, 0.1) is 0 Å². The molecule has 2 aliphatic heterocycles. The van der Waals surface area contributed by atoms with Crippen LogP contribution >= 0.6 is 0 Å². The minimum atomic E-state index is -0.311. The molecule has 6 nitrogen and oxygen atoms in total. The summed E-state index contributed by atoms with van der Waals surface area (Å²) in [4.78, 5) is 0. The maximum atomic E-state index is 6.15. The molecule has 2 saturated heterocycles. The fourth-order valence-electron chi connectivity index (χ4n) is 4.27. The highest BCUT2D eigenvalue weighted by atomic mass is 16.7. The van der Waals surface area contributed by atoms with Crippen LogP contribution in [-0.2, 0) is 25.4 Å². The second-order valence-corrected chi connectivity index (χ2v) is 9.98. The molecular weight excluding hydrogens is 480 g/mol. The number of aryl methyl sites for hydroxylation is 1. The van der Waals surface area contributed by atoms with Crippen LogP contribution in [0.1, 0.15) is 39.2 Å².